The van der Waals surface area contributed by atoms with Gasteiger partial charge in [-0.25, -0.2) is 0 Å². The molecule has 0 bridgehead atoms. The van der Waals surface area contributed by atoms with E-state index in [1.807, 2.05) is 4.90 Å². The van der Waals surface area contributed by atoms with Gasteiger partial charge in [0.25, 0.3) is 0 Å². The second kappa shape index (κ2) is 8.13. The highest BCUT2D eigenvalue weighted by Crippen LogP contribution is 2.23. The van der Waals surface area contributed by atoms with Crippen molar-refractivity contribution >= 4 is 5.91 Å². The van der Waals surface area contributed by atoms with Crippen molar-refractivity contribution in [1.82, 2.24) is 10.2 Å². The van der Waals surface area contributed by atoms with Gasteiger partial charge in [-0.15, -0.1) is 0 Å². The van der Waals surface area contributed by atoms with E-state index in [-0.39, 0.29) is 0 Å². The number of carbonyl (C=O) groups is 1. The maximum atomic E-state index is 11.7. The number of carbonyl (C=O) groups excluding carboxylic acids is 1. The Morgan fingerprint density at radius 1 is 1.25 bits per heavy atom. The summed E-state index contributed by atoms with van der Waals surface area (Å²) in [6, 6.07) is 9.23. The molecule has 2 unspecified atom stereocenters. The first-order valence-electron chi connectivity index (χ1n) is 9.30. The summed E-state index contributed by atoms with van der Waals surface area (Å²) < 4.78 is 5.64. The summed E-state index contributed by atoms with van der Waals surface area (Å²) >= 11 is 0. The lowest BCUT2D eigenvalue weighted by Gasteiger charge is -2.35. The summed E-state index contributed by atoms with van der Waals surface area (Å²) in [5, 5.41) is 3.72. The van der Waals surface area contributed by atoms with Crippen LogP contribution in [0.1, 0.15) is 44.2 Å². The van der Waals surface area contributed by atoms with Gasteiger partial charge >= 0.3 is 0 Å². The second-order valence-corrected chi connectivity index (χ2v) is 7.49. The minimum absolute atomic E-state index is 0.292. The SMILES string of the molecule is CC(C)C1COCCC1NCc1ccc(CN2CCCC2=O)cc1. The molecule has 2 heterocycles. The Hall–Kier alpha value is -1.39. The number of hydrogen-bond donors (Lipinski definition) is 1. The molecule has 0 saturated carbocycles. The smallest absolute Gasteiger partial charge is 0.222 e. The van der Waals surface area contributed by atoms with Crippen molar-refractivity contribution in [2.75, 3.05) is 19.8 Å². The van der Waals surface area contributed by atoms with Crippen molar-refractivity contribution in [3.8, 4) is 0 Å². The maximum absolute atomic E-state index is 11.7. The van der Waals surface area contributed by atoms with Crippen molar-refractivity contribution in [2.24, 2.45) is 11.8 Å². The fourth-order valence-corrected chi connectivity index (χ4v) is 3.77. The number of rotatable bonds is 6. The minimum Gasteiger partial charge on any atom is -0.381 e. The molecule has 0 aliphatic carbocycles. The van der Waals surface area contributed by atoms with Gasteiger partial charge in [-0.1, -0.05) is 38.1 Å². The molecule has 4 heteroatoms. The van der Waals surface area contributed by atoms with E-state index in [0.717, 1.165) is 45.7 Å². The molecular weight excluding hydrogens is 300 g/mol. The lowest BCUT2D eigenvalue weighted by Crippen LogP contribution is -2.44. The Kier molecular flexibility index (Phi) is 5.90. The normalized spacial score (nSPS) is 24.8. The van der Waals surface area contributed by atoms with Crippen molar-refractivity contribution in [2.45, 2.75) is 52.2 Å². The third-order valence-electron chi connectivity index (χ3n) is 5.39. The van der Waals surface area contributed by atoms with Crippen molar-refractivity contribution < 1.29 is 9.53 Å². The number of ether oxygens (including phenoxy) is 1. The van der Waals surface area contributed by atoms with E-state index in [2.05, 4.69) is 43.4 Å². The minimum atomic E-state index is 0.292. The summed E-state index contributed by atoms with van der Waals surface area (Å²) in [4.78, 5) is 13.7. The molecule has 1 aromatic rings. The quantitative estimate of drug-likeness (QED) is 0.872. The number of nitrogens with zero attached hydrogens (tertiary/aromatic N) is 1. The van der Waals surface area contributed by atoms with E-state index < -0.39 is 0 Å². The fourth-order valence-electron chi connectivity index (χ4n) is 3.77. The monoisotopic (exact) mass is 330 g/mol. The van der Waals surface area contributed by atoms with Gasteiger partial charge in [0, 0.05) is 38.7 Å². The number of amides is 1. The van der Waals surface area contributed by atoms with E-state index in [4.69, 9.17) is 4.74 Å². The van der Waals surface area contributed by atoms with Crippen molar-refractivity contribution in [1.29, 1.82) is 0 Å². The van der Waals surface area contributed by atoms with Crippen LogP contribution in [0.4, 0.5) is 0 Å². The maximum Gasteiger partial charge on any atom is 0.222 e. The summed E-state index contributed by atoms with van der Waals surface area (Å²) in [7, 11) is 0. The molecule has 2 atom stereocenters. The molecule has 4 nitrogen and oxygen atoms in total. The summed E-state index contributed by atoms with van der Waals surface area (Å²) in [5.74, 6) is 1.53. The summed E-state index contributed by atoms with van der Waals surface area (Å²) in [6.45, 7) is 8.86. The van der Waals surface area contributed by atoms with Gasteiger partial charge in [-0.05, 0) is 35.8 Å². The topological polar surface area (TPSA) is 41.6 Å². The molecule has 2 saturated heterocycles. The van der Waals surface area contributed by atoms with Crippen molar-refractivity contribution in [3.05, 3.63) is 35.4 Å². The predicted octanol–water partition coefficient (Wildman–Crippen LogP) is 2.96. The predicted molar refractivity (Wildman–Crippen MR) is 95.5 cm³/mol. The van der Waals surface area contributed by atoms with Gasteiger partial charge in [0.2, 0.25) is 5.91 Å². The molecule has 2 aliphatic rings. The van der Waals surface area contributed by atoms with Crippen molar-refractivity contribution in [3.63, 3.8) is 0 Å². The van der Waals surface area contributed by atoms with Crippen LogP contribution in [0, 0.1) is 11.8 Å². The Morgan fingerprint density at radius 2 is 2.00 bits per heavy atom. The van der Waals surface area contributed by atoms with Crippen LogP contribution in [0.3, 0.4) is 0 Å². The van der Waals surface area contributed by atoms with Crippen LogP contribution in [-0.4, -0.2) is 36.6 Å². The van der Waals surface area contributed by atoms with Crippen LogP contribution >= 0.6 is 0 Å². The van der Waals surface area contributed by atoms with E-state index >= 15 is 0 Å². The highest BCUT2D eigenvalue weighted by atomic mass is 16.5. The lowest BCUT2D eigenvalue weighted by atomic mass is 9.86. The average Bonchev–Trinajstić information content (AvgIpc) is 2.99. The van der Waals surface area contributed by atoms with Gasteiger partial charge < -0.3 is 15.0 Å². The summed E-state index contributed by atoms with van der Waals surface area (Å²) in [6.07, 6.45) is 2.81. The van der Waals surface area contributed by atoms with E-state index in [1.165, 1.54) is 11.1 Å². The largest absolute Gasteiger partial charge is 0.381 e. The molecule has 1 amide bonds. The Bertz CT molecular complexity index is 541. The molecule has 24 heavy (non-hydrogen) atoms. The first kappa shape index (κ1) is 17.4. The van der Waals surface area contributed by atoms with E-state index in [0.29, 0.717) is 30.2 Å². The standard InChI is InChI=1S/C20H30N2O2/c1-15(2)18-14-24-11-9-19(18)21-12-16-5-7-17(8-6-16)13-22-10-3-4-20(22)23/h5-8,15,18-19,21H,3-4,9-14H2,1-2H3. The van der Waals surface area contributed by atoms with E-state index in [1.54, 1.807) is 0 Å². The van der Waals surface area contributed by atoms with Crippen LogP contribution in [0.25, 0.3) is 0 Å². The lowest BCUT2D eigenvalue weighted by molar-refractivity contribution is -0.128. The zero-order valence-corrected chi connectivity index (χ0v) is 15.0. The highest BCUT2D eigenvalue weighted by molar-refractivity contribution is 5.78. The van der Waals surface area contributed by atoms with Gasteiger partial charge in [0.1, 0.15) is 0 Å². The van der Waals surface area contributed by atoms with Crippen LogP contribution < -0.4 is 5.32 Å². The molecule has 1 N–H and O–H groups in total. The Morgan fingerprint density at radius 3 is 2.67 bits per heavy atom. The van der Waals surface area contributed by atoms with Gasteiger partial charge in [0.15, 0.2) is 0 Å². The van der Waals surface area contributed by atoms with Gasteiger partial charge in [-0.2, -0.15) is 0 Å². The Balaban J connectivity index is 1.51. The third-order valence-corrected chi connectivity index (χ3v) is 5.39. The molecular formula is C20H30N2O2. The Labute approximate surface area is 145 Å². The first-order chi connectivity index (χ1) is 11.6. The molecule has 132 valence electrons. The molecule has 1 aromatic carbocycles. The van der Waals surface area contributed by atoms with E-state index in [9.17, 15) is 4.79 Å². The molecule has 2 fully saturated rings. The number of benzene rings is 1. The number of nitrogens with one attached hydrogen (secondary N) is 1. The second-order valence-electron chi connectivity index (χ2n) is 7.49. The number of hydrogen-bond acceptors (Lipinski definition) is 3. The number of likely N-dealkylation sites (tertiary alicyclic amines) is 1. The first-order valence-corrected chi connectivity index (χ1v) is 9.30. The molecule has 2 aliphatic heterocycles. The zero-order valence-electron chi connectivity index (χ0n) is 15.0. The van der Waals surface area contributed by atoms with Crippen LogP contribution in [0.5, 0.6) is 0 Å². The van der Waals surface area contributed by atoms with Crippen LogP contribution in [0.15, 0.2) is 24.3 Å². The average molecular weight is 330 g/mol. The van der Waals surface area contributed by atoms with Crippen LogP contribution in [0.2, 0.25) is 0 Å². The molecule has 0 radical (unpaired) electrons. The zero-order chi connectivity index (χ0) is 16.9. The van der Waals surface area contributed by atoms with Gasteiger partial charge in [-0.3, -0.25) is 4.79 Å². The highest BCUT2D eigenvalue weighted by Gasteiger charge is 2.27. The fraction of sp³-hybridized carbons (Fsp3) is 0.650. The van der Waals surface area contributed by atoms with Crippen LogP contribution in [-0.2, 0) is 22.6 Å². The molecule has 0 aromatic heterocycles. The molecule has 0 spiro atoms. The van der Waals surface area contributed by atoms with Gasteiger partial charge in [0.05, 0.1) is 6.61 Å². The summed E-state index contributed by atoms with van der Waals surface area (Å²) in [5.41, 5.74) is 2.53. The third kappa shape index (κ3) is 4.37. The molecule has 3 rings (SSSR count).